The molecule has 0 unspecified atom stereocenters. The Bertz CT molecular complexity index is 466. The van der Waals surface area contributed by atoms with Crippen LogP contribution >= 0.6 is 15.9 Å². The molecule has 1 rings (SSSR count). The molecular formula is C12H12BrNO3. The molecule has 4 nitrogen and oxygen atoms in total. The van der Waals surface area contributed by atoms with Crippen LogP contribution in [0.4, 0.5) is 0 Å². The minimum atomic E-state index is -0.323. The molecule has 0 radical (unpaired) electrons. The first-order valence-corrected chi connectivity index (χ1v) is 5.83. The number of rotatable bonds is 4. The predicted molar refractivity (Wildman–Crippen MR) is 65.7 cm³/mol. The molecule has 5 heteroatoms. The second-order valence-corrected chi connectivity index (χ2v) is 4.09. The lowest BCUT2D eigenvalue weighted by Gasteiger charge is -2.10. The summed E-state index contributed by atoms with van der Waals surface area (Å²) in [6, 6.07) is 5.27. The molecule has 0 aliphatic rings. The molecule has 17 heavy (non-hydrogen) atoms. The largest absolute Gasteiger partial charge is 0.496 e. The van der Waals surface area contributed by atoms with E-state index in [-0.39, 0.29) is 12.4 Å². The predicted octanol–water partition coefficient (Wildman–Crippen LogP) is 2.43. The lowest BCUT2D eigenvalue weighted by atomic mass is 10.1. The Morgan fingerprint density at radius 2 is 2.24 bits per heavy atom. The highest BCUT2D eigenvalue weighted by molar-refractivity contribution is 9.10. The number of nitrogens with zero attached hydrogens (tertiary/aromatic N) is 1. The number of nitriles is 1. The summed E-state index contributed by atoms with van der Waals surface area (Å²) in [5.41, 5.74) is 1.16. The molecule has 1 aromatic rings. The Morgan fingerprint density at radius 1 is 1.53 bits per heavy atom. The van der Waals surface area contributed by atoms with Crippen molar-refractivity contribution in [3.05, 3.63) is 27.7 Å². The number of carbonyl (C=O) groups excluding carboxylic acids is 1. The number of halogens is 1. The molecule has 0 bridgehead atoms. The van der Waals surface area contributed by atoms with Crippen molar-refractivity contribution in [1.29, 1.82) is 5.26 Å². The highest BCUT2D eigenvalue weighted by atomic mass is 79.9. The van der Waals surface area contributed by atoms with Crippen molar-refractivity contribution >= 4 is 21.9 Å². The summed E-state index contributed by atoms with van der Waals surface area (Å²) in [5.74, 6) is 0.181. The summed E-state index contributed by atoms with van der Waals surface area (Å²) in [6.45, 7) is 2.10. The molecule has 0 aromatic heterocycles. The van der Waals surface area contributed by atoms with Crippen molar-refractivity contribution < 1.29 is 14.3 Å². The van der Waals surface area contributed by atoms with E-state index in [9.17, 15) is 4.79 Å². The number of hydrogen-bond acceptors (Lipinski definition) is 4. The molecule has 90 valence electrons. The number of benzene rings is 1. The van der Waals surface area contributed by atoms with Crippen LogP contribution in [0, 0.1) is 11.3 Å². The Labute approximate surface area is 108 Å². The third-order valence-corrected chi connectivity index (χ3v) is 2.84. The average molecular weight is 298 g/mol. The van der Waals surface area contributed by atoms with Gasteiger partial charge in [-0.2, -0.15) is 5.26 Å². The SMILES string of the molecule is CCOC(=O)Cc1c(Br)cc(C#N)cc1OC. The van der Waals surface area contributed by atoms with E-state index in [1.807, 2.05) is 6.07 Å². The zero-order valence-corrected chi connectivity index (χ0v) is 11.2. The average Bonchev–Trinajstić information content (AvgIpc) is 2.31. The van der Waals surface area contributed by atoms with Gasteiger partial charge in [0, 0.05) is 10.0 Å². The quantitative estimate of drug-likeness (QED) is 0.801. The molecular weight excluding hydrogens is 286 g/mol. The van der Waals surface area contributed by atoms with Gasteiger partial charge in [0.15, 0.2) is 0 Å². The topological polar surface area (TPSA) is 59.3 Å². The van der Waals surface area contributed by atoms with Gasteiger partial charge in [-0.1, -0.05) is 15.9 Å². The van der Waals surface area contributed by atoms with Crippen molar-refractivity contribution in [3.8, 4) is 11.8 Å². The van der Waals surface area contributed by atoms with E-state index in [1.165, 1.54) is 7.11 Å². The molecule has 0 amide bonds. The summed E-state index contributed by atoms with van der Waals surface area (Å²) in [5, 5.41) is 8.82. The zero-order chi connectivity index (χ0) is 12.8. The van der Waals surface area contributed by atoms with Crippen molar-refractivity contribution in [2.75, 3.05) is 13.7 Å². The van der Waals surface area contributed by atoms with Gasteiger partial charge in [0.1, 0.15) is 5.75 Å². The lowest BCUT2D eigenvalue weighted by molar-refractivity contribution is -0.142. The molecule has 0 spiro atoms. The first kappa shape index (κ1) is 13.5. The summed E-state index contributed by atoms with van der Waals surface area (Å²) in [4.78, 5) is 11.4. The maximum atomic E-state index is 11.4. The van der Waals surface area contributed by atoms with Gasteiger partial charge in [0.05, 0.1) is 31.8 Å². The maximum Gasteiger partial charge on any atom is 0.310 e. The van der Waals surface area contributed by atoms with Crippen LogP contribution in [0.2, 0.25) is 0 Å². The van der Waals surface area contributed by atoms with Crippen molar-refractivity contribution in [3.63, 3.8) is 0 Å². The van der Waals surface area contributed by atoms with Crippen LogP contribution < -0.4 is 4.74 Å². The standard InChI is InChI=1S/C12H12BrNO3/c1-3-17-12(15)6-9-10(13)4-8(7-14)5-11(9)16-2/h4-5H,3,6H2,1-2H3. The van der Waals surface area contributed by atoms with E-state index in [1.54, 1.807) is 19.1 Å². The van der Waals surface area contributed by atoms with Gasteiger partial charge in [-0.3, -0.25) is 4.79 Å². The fraction of sp³-hybridized carbons (Fsp3) is 0.333. The van der Waals surface area contributed by atoms with Crippen molar-refractivity contribution in [2.24, 2.45) is 0 Å². The van der Waals surface area contributed by atoms with Gasteiger partial charge >= 0.3 is 5.97 Å². The van der Waals surface area contributed by atoms with E-state index in [0.717, 1.165) is 0 Å². The smallest absolute Gasteiger partial charge is 0.310 e. The summed E-state index contributed by atoms with van der Waals surface area (Å²) in [7, 11) is 1.50. The van der Waals surface area contributed by atoms with Crippen molar-refractivity contribution in [1.82, 2.24) is 0 Å². The number of methoxy groups -OCH3 is 1. The van der Waals surface area contributed by atoms with Gasteiger partial charge in [-0.15, -0.1) is 0 Å². The number of hydrogen-bond donors (Lipinski definition) is 0. The van der Waals surface area contributed by atoms with Gasteiger partial charge in [-0.05, 0) is 19.1 Å². The van der Waals surface area contributed by atoms with Gasteiger partial charge in [0.25, 0.3) is 0 Å². The van der Waals surface area contributed by atoms with E-state index in [0.29, 0.717) is 28.0 Å². The van der Waals surface area contributed by atoms with Crippen LogP contribution in [0.5, 0.6) is 5.75 Å². The normalized spacial score (nSPS) is 9.53. The molecule has 0 saturated carbocycles. The molecule has 0 aliphatic carbocycles. The fourth-order valence-electron chi connectivity index (χ4n) is 1.39. The lowest BCUT2D eigenvalue weighted by Crippen LogP contribution is -2.09. The van der Waals surface area contributed by atoms with Crippen molar-refractivity contribution in [2.45, 2.75) is 13.3 Å². The van der Waals surface area contributed by atoms with Gasteiger partial charge in [0.2, 0.25) is 0 Å². The molecule has 0 heterocycles. The Balaban J connectivity index is 3.06. The van der Waals surface area contributed by atoms with Crippen LogP contribution in [0.15, 0.2) is 16.6 Å². The fourth-order valence-corrected chi connectivity index (χ4v) is 1.97. The molecule has 0 N–H and O–H groups in total. The van der Waals surface area contributed by atoms with Crippen LogP contribution in [-0.2, 0) is 16.0 Å². The summed E-state index contributed by atoms with van der Waals surface area (Å²) < 4.78 is 10.7. The molecule has 0 saturated heterocycles. The minimum Gasteiger partial charge on any atom is -0.496 e. The first-order valence-electron chi connectivity index (χ1n) is 5.04. The van der Waals surface area contributed by atoms with Crippen LogP contribution in [-0.4, -0.2) is 19.7 Å². The second kappa shape index (κ2) is 6.26. The summed E-state index contributed by atoms with van der Waals surface area (Å²) >= 11 is 3.32. The van der Waals surface area contributed by atoms with E-state index >= 15 is 0 Å². The zero-order valence-electron chi connectivity index (χ0n) is 9.62. The minimum absolute atomic E-state index is 0.114. The van der Waals surface area contributed by atoms with Crippen LogP contribution in [0.25, 0.3) is 0 Å². The number of carbonyl (C=O) groups is 1. The van der Waals surface area contributed by atoms with Crippen LogP contribution in [0.1, 0.15) is 18.1 Å². The third kappa shape index (κ3) is 3.46. The van der Waals surface area contributed by atoms with Gasteiger partial charge < -0.3 is 9.47 Å². The Kier molecular flexibility index (Phi) is 4.98. The third-order valence-electron chi connectivity index (χ3n) is 2.13. The first-order chi connectivity index (χ1) is 8.12. The molecule has 1 aromatic carbocycles. The Morgan fingerprint density at radius 3 is 2.76 bits per heavy atom. The molecule has 0 aliphatic heterocycles. The number of ether oxygens (including phenoxy) is 2. The Hall–Kier alpha value is -1.54. The molecule has 0 atom stereocenters. The van der Waals surface area contributed by atoms with Gasteiger partial charge in [-0.25, -0.2) is 0 Å². The second-order valence-electron chi connectivity index (χ2n) is 3.23. The van der Waals surface area contributed by atoms with Crippen LogP contribution in [0.3, 0.4) is 0 Å². The highest BCUT2D eigenvalue weighted by Gasteiger charge is 2.14. The number of esters is 1. The highest BCUT2D eigenvalue weighted by Crippen LogP contribution is 2.29. The van der Waals surface area contributed by atoms with E-state index in [4.69, 9.17) is 14.7 Å². The maximum absolute atomic E-state index is 11.4. The van der Waals surface area contributed by atoms with E-state index in [2.05, 4.69) is 15.9 Å². The summed E-state index contributed by atoms with van der Waals surface area (Å²) in [6.07, 6.45) is 0.114. The molecule has 0 fully saturated rings. The monoisotopic (exact) mass is 297 g/mol. The van der Waals surface area contributed by atoms with E-state index < -0.39 is 0 Å².